The number of allylic oxidation sites excluding steroid dienone is 1. The monoisotopic (exact) mass is 358 g/mol. The van der Waals surface area contributed by atoms with Crippen LogP contribution in [0.5, 0.6) is 11.5 Å². The van der Waals surface area contributed by atoms with Gasteiger partial charge in [0.1, 0.15) is 18.8 Å². The highest BCUT2D eigenvalue weighted by Gasteiger charge is 2.14. The number of phenolic OH excluding ortho intramolecular Hbond substituents is 1. The zero-order chi connectivity index (χ0) is 18.5. The third-order valence-electron chi connectivity index (χ3n) is 4.13. The van der Waals surface area contributed by atoms with Gasteiger partial charge in [0.15, 0.2) is 11.5 Å². The highest BCUT2D eigenvalue weighted by molar-refractivity contribution is 5.98. The van der Waals surface area contributed by atoms with E-state index in [1.165, 1.54) is 6.33 Å². The molecule has 2 aromatic carbocycles. The molecule has 0 fully saturated rings. The van der Waals surface area contributed by atoms with Crippen molar-refractivity contribution in [3.8, 4) is 11.5 Å². The highest BCUT2D eigenvalue weighted by atomic mass is 16.5. The number of anilines is 2. The molecule has 1 aliphatic heterocycles. The van der Waals surface area contributed by atoms with Crippen molar-refractivity contribution in [3.05, 3.63) is 66.5 Å². The zero-order valence-corrected chi connectivity index (χ0v) is 14.5. The molecule has 4 rings (SSSR count). The SMILES string of the molecule is Oc1c2ccc3ncnc(c13)Nc1ccccc1C=CC=NCC=CCO2. The average molecular weight is 358 g/mol. The summed E-state index contributed by atoms with van der Waals surface area (Å²) in [5.41, 5.74) is 2.47. The van der Waals surface area contributed by atoms with E-state index in [9.17, 15) is 5.11 Å². The average Bonchev–Trinajstić information content (AvgIpc) is 2.69. The Bertz CT molecular complexity index is 1060. The summed E-state index contributed by atoms with van der Waals surface area (Å²) in [4.78, 5) is 12.9. The fraction of sp³-hybridized carbons (Fsp3) is 0.0952. The Balaban J connectivity index is 1.87. The fourth-order valence-corrected chi connectivity index (χ4v) is 2.82. The number of aromatic hydroxyl groups is 1. The summed E-state index contributed by atoms with van der Waals surface area (Å²) < 4.78 is 5.68. The van der Waals surface area contributed by atoms with Crippen LogP contribution in [-0.4, -0.2) is 34.4 Å². The Morgan fingerprint density at radius 3 is 2.93 bits per heavy atom. The Morgan fingerprint density at radius 1 is 1.04 bits per heavy atom. The lowest BCUT2D eigenvalue weighted by Crippen LogP contribution is -2.00. The van der Waals surface area contributed by atoms with Crippen LogP contribution in [0.15, 0.2) is 65.9 Å². The van der Waals surface area contributed by atoms with E-state index in [4.69, 9.17) is 4.74 Å². The number of hydrogen-bond donors (Lipinski definition) is 2. The van der Waals surface area contributed by atoms with Crippen molar-refractivity contribution < 1.29 is 9.84 Å². The van der Waals surface area contributed by atoms with E-state index >= 15 is 0 Å². The second-order valence-electron chi connectivity index (χ2n) is 5.90. The Kier molecular flexibility index (Phi) is 4.78. The molecule has 0 unspecified atom stereocenters. The van der Waals surface area contributed by atoms with E-state index in [1.807, 2.05) is 48.6 Å². The van der Waals surface area contributed by atoms with Gasteiger partial charge in [-0.3, -0.25) is 4.99 Å². The molecule has 1 aliphatic rings. The molecule has 1 aromatic heterocycles. The number of nitrogens with one attached hydrogen (secondary N) is 1. The number of hydrogen-bond acceptors (Lipinski definition) is 6. The van der Waals surface area contributed by atoms with Gasteiger partial charge in [-0.2, -0.15) is 0 Å². The largest absolute Gasteiger partial charge is 0.504 e. The van der Waals surface area contributed by atoms with Crippen LogP contribution in [0.25, 0.3) is 17.0 Å². The van der Waals surface area contributed by atoms with Crippen LogP contribution < -0.4 is 10.1 Å². The van der Waals surface area contributed by atoms with Gasteiger partial charge in [-0.15, -0.1) is 0 Å². The van der Waals surface area contributed by atoms with Crippen molar-refractivity contribution in [1.82, 2.24) is 9.97 Å². The van der Waals surface area contributed by atoms with Crippen LogP contribution in [-0.2, 0) is 0 Å². The summed E-state index contributed by atoms with van der Waals surface area (Å²) in [6.07, 6.45) is 10.9. The van der Waals surface area contributed by atoms with E-state index in [-0.39, 0.29) is 5.75 Å². The van der Waals surface area contributed by atoms with Gasteiger partial charge in [0, 0.05) is 11.9 Å². The lowest BCUT2D eigenvalue weighted by Gasteiger charge is -2.13. The first-order valence-electron chi connectivity index (χ1n) is 8.60. The normalized spacial score (nSPS) is 13.9. The summed E-state index contributed by atoms with van der Waals surface area (Å²) >= 11 is 0. The van der Waals surface area contributed by atoms with Crippen LogP contribution in [0.4, 0.5) is 11.5 Å². The maximum absolute atomic E-state index is 10.7. The number of aliphatic imine (C=N–C) groups is 1. The highest BCUT2D eigenvalue weighted by Crippen LogP contribution is 2.38. The molecule has 0 aliphatic carbocycles. The lowest BCUT2D eigenvalue weighted by molar-refractivity contribution is 0.338. The van der Waals surface area contributed by atoms with Gasteiger partial charge in [0.25, 0.3) is 0 Å². The van der Waals surface area contributed by atoms with Crippen molar-refractivity contribution >= 4 is 34.7 Å². The number of aromatic nitrogens is 2. The lowest BCUT2D eigenvalue weighted by atomic mass is 10.1. The number of fused-ring (bicyclic) bond motifs is 2. The molecular formula is C21H18N4O2. The predicted molar refractivity (Wildman–Crippen MR) is 108 cm³/mol. The molecule has 27 heavy (non-hydrogen) atoms. The van der Waals surface area contributed by atoms with Crippen molar-refractivity contribution in [2.24, 2.45) is 4.99 Å². The Labute approximate surface area is 156 Å². The van der Waals surface area contributed by atoms with Crippen molar-refractivity contribution in [2.75, 3.05) is 18.5 Å². The molecule has 2 bridgehead atoms. The van der Waals surface area contributed by atoms with Crippen LogP contribution >= 0.6 is 0 Å². The summed E-state index contributed by atoms with van der Waals surface area (Å²) in [5, 5.41) is 14.6. The summed E-state index contributed by atoms with van der Waals surface area (Å²) in [7, 11) is 0. The third kappa shape index (κ3) is 3.64. The Hall–Kier alpha value is -3.67. The van der Waals surface area contributed by atoms with Crippen LogP contribution in [0, 0.1) is 0 Å². The second kappa shape index (κ2) is 7.70. The van der Waals surface area contributed by atoms with Crippen LogP contribution in [0.1, 0.15) is 5.56 Å². The molecule has 134 valence electrons. The quantitative estimate of drug-likeness (QED) is 0.591. The molecule has 6 heteroatoms. The van der Waals surface area contributed by atoms with E-state index < -0.39 is 0 Å². The minimum atomic E-state index is 0.0159. The van der Waals surface area contributed by atoms with Gasteiger partial charge in [0.2, 0.25) is 0 Å². The van der Waals surface area contributed by atoms with Crippen molar-refractivity contribution in [2.45, 2.75) is 0 Å². The number of phenols is 1. The molecule has 0 atom stereocenters. The molecule has 3 aromatic rings. The van der Waals surface area contributed by atoms with Crippen LogP contribution in [0.2, 0.25) is 0 Å². The number of ether oxygens (including phenoxy) is 1. The summed E-state index contributed by atoms with van der Waals surface area (Å²) in [6.45, 7) is 0.902. The molecule has 0 saturated heterocycles. The van der Waals surface area contributed by atoms with Crippen LogP contribution in [0.3, 0.4) is 0 Å². The first-order chi connectivity index (χ1) is 13.3. The van der Waals surface area contributed by atoms with E-state index in [0.717, 1.165) is 11.3 Å². The minimum absolute atomic E-state index is 0.0159. The number of rotatable bonds is 0. The molecule has 6 nitrogen and oxygen atoms in total. The zero-order valence-electron chi connectivity index (χ0n) is 14.5. The molecule has 2 N–H and O–H groups in total. The summed E-state index contributed by atoms with van der Waals surface area (Å²) in [5.74, 6) is 0.913. The number of nitrogens with zero attached hydrogens (tertiary/aromatic N) is 3. The number of para-hydroxylation sites is 1. The van der Waals surface area contributed by atoms with E-state index in [2.05, 4.69) is 20.3 Å². The molecule has 0 spiro atoms. The number of benzene rings is 2. The van der Waals surface area contributed by atoms with E-state index in [0.29, 0.717) is 35.6 Å². The molecule has 2 heterocycles. The minimum Gasteiger partial charge on any atom is -0.504 e. The van der Waals surface area contributed by atoms with Crippen molar-refractivity contribution in [3.63, 3.8) is 0 Å². The van der Waals surface area contributed by atoms with Gasteiger partial charge in [-0.1, -0.05) is 30.4 Å². The third-order valence-corrected chi connectivity index (χ3v) is 4.13. The second-order valence-corrected chi connectivity index (χ2v) is 5.90. The smallest absolute Gasteiger partial charge is 0.171 e. The maximum Gasteiger partial charge on any atom is 0.171 e. The molecule has 0 amide bonds. The standard InChI is InChI=1S/C21H18N4O2/c26-20-18-10-9-17-19(20)21(24-14-23-17)25-16-8-2-1-6-15(16)7-5-12-22-11-3-4-13-27-18/h1-10,12,14,26H,11,13H2,(H,23,24,25). The predicted octanol–water partition coefficient (Wildman–Crippen LogP) is 4.11. The molecule has 0 saturated carbocycles. The van der Waals surface area contributed by atoms with Gasteiger partial charge < -0.3 is 15.2 Å². The first-order valence-corrected chi connectivity index (χ1v) is 8.60. The molecule has 0 radical (unpaired) electrons. The Morgan fingerprint density at radius 2 is 1.96 bits per heavy atom. The first kappa shape index (κ1) is 16.8. The maximum atomic E-state index is 10.7. The molecular weight excluding hydrogens is 340 g/mol. The van der Waals surface area contributed by atoms with Gasteiger partial charge in [0.05, 0.1) is 17.4 Å². The van der Waals surface area contributed by atoms with Crippen molar-refractivity contribution in [1.29, 1.82) is 0 Å². The van der Waals surface area contributed by atoms with Gasteiger partial charge in [-0.25, -0.2) is 9.97 Å². The topological polar surface area (TPSA) is 79.6 Å². The van der Waals surface area contributed by atoms with E-state index in [1.54, 1.807) is 18.3 Å². The van der Waals surface area contributed by atoms with Gasteiger partial charge >= 0.3 is 0 Å². The van der Waals surface area contributed by atoms with Gasteiger partial charge in [-0.05, 0) is 35.9 Å². The fourth-order valence-electron chi connectivity index (χ4n) is 2.82. The summed E-state index contributed by atoms with van der Waals surface area (Å²) in [6, 6.07) is 11.4.